The minimum atomic E-state index is 0.0434. The average Bonchev–Trinajstić information content (AvgIpc) is 2.91. The lowest BCUT2D eigenvalue weighted by atomic mass is 9.97. The van der Waals surface area contributed by atoms with Crippen molar-refractivity contribution in [3.63, 3.8) is 0 Å². The molecule has 0 N–H and O–H groups in total. The van der Waals surface area contributed by atoms with Crippen molar-refractivity contribution in [3.8, 4) is 0 Å². The Morgan fingerprint density at radius 1 is 0.488 bits per heavy atom. The first-order chi connectivity index (χ1) is 20.5. The van der Waals surface area contributed by atoms with Crippen molar-refractivity contribution in [2.75, 3.05) is 0 Å². The molecule has 6 heteroatoms. The van der Waals surface area contributed by atoms with Crippen LogP contribution in [0.3, 0.4) is 0 Å². The van der Waals surface area contributed by atoms with Crippen LogP contribution in [0.2, 0.25) is 0 Å². The molecule has 43 heavy (non-hydrogen) atoms. The van der Waals surface area contributed by atoms with Crippen LogP contribution in [-0.4, -0.2) is 34.6 Å². The number of ketones is 4. The molecule has 2 rings (SSSR count). The monoisotopic (exact) mass is 586 g/mol. The van der Waals surface area contributed by atoms with Crippen LogP contribution in [-0.2, 0) is 44.9 Å². The molecule has 0 amide bonds. The third kappa shape index (κ3) is 13.5. The van der Waals surface area contributed by atoms with Gasteiger partial charge in [0.2, 0.25) is 0 Å². The molecule has 0 aromatic heterocycles. The maximum absolute atomic E-state index is 12.0. The van der Waals surface area contributed by atoms with E-state index in [0.717, 1.165) is 103 Å². The second-order valence-electron chi connectivity index (χ2n) is 11.8. The van der Waals surface area contributed by atoms with Gasteiger partial charge in [0.25, 0.3) is 0 Å². The standard InChI is InChI=1S/C37H50N2O4/c1-7-9-11-13-15-37(39-35-19-17-31(21-27(4)41)33(25-35)23-29(6)43)36(14-12-10-8-2)38-34-18-16-30(20-26(3)40)32(24-34)22-28(5)42/h16-19,24-25H,7-15,20-23H2,1-6H3. The van der Waals surface area contributed by atoms with E-state index in [1.165, 1.54) is 0 Å². The predicted octanol–water partition coefficient (Wildman–Crippen LogP) is 8.61. The van der Waals surface area contributed by atoms with Gasteiger partial charge in [0.1, 0.15) is 23.1 Å². The average molecular weight is 587 g/mol. The molecule has 0 aliphatic carbocycles. The fourth-order valence-corrected chi connectivity index (χ4v) is 5.21. The Morgan fingerprint density at radius 2 is 0.837 bits per heavy atom. The number of benzene rings is 2. The summed E-state index contributed by atoms with van der Waals surface area (Å²) in [5.41, 5.74) is 6.79. The Kier molecular flexibility index (Phi) is 15.7. The smallest absolute Gasteiger partial charge is 0.134 e. The second kappa shape index (κ2) is 18.9. The number of hydrogen-bond donors (Lipinski definition) is 0. The van der Waals surface area contributed by atoms with Crippen LogP contribution in [0.5, 0.6) is 0 Å². The van der Waals surface area contributed by atoms with E-state index in [1.807, 2.05) is 36.4 Å². The molecule has 2 aromatic carbocycles. The molecule has 232 valence electrons. The normalized spacial score (nSPS) is 12.0. The third-order valence-corrected chi connectivity index (χ3v) is 7.28. The van der Waals surface area contributed by atoms with Crippen molar-refractivity contribution in [1.29, 1.82) is 0 Å². The molecular weight excluding hydrogens is 536 g/mol. The zero-order chi connectivity index (χ0) is 31.8. The summed E-state index contributed by atoms with van der Waals surface area (Å²) < 4.78 is 0. The molecular formula is C37H50N2O4. The number of aliphatic imine (C=N–C) groups is 2. The minimum Gasteiger partial charge on any atom is -0.300 e. The summed E-state index contributed by atoms with van der Waals surface area (Å²) in [4.78, 5) is 58.1. The van der Waals surface area contributed by atoms with Gasteiger partial charge >= 0.3 is 0 Å². The maximum atomic E-state index is 12.0. The van der Waals surface area contributed by atoms with Crippen LogP contribution in [0.4, 0.5) is 11.4 Å². The highest BCUT2D eigenvalue weighted by molar-refractivity contribution is 6.43. The van der Waals surface area contributed by atoms with Crippen molar-refractivity contribution in [2.45, 2.75) is 125 Å². The van der Waals surface area contributed by atoms with E-state index >= 15 is 0 Å². The first-order valence-electron chi connectivity index (χ1n) is 15.9. The molecule has 0 saturated carbocycles. The van der Waals surface area contributed by atoms with E-state index in [-0.39, 0.29) is 36.0 Å². The number of Topliss-reactive ketones (excluding diaryl/α,β-unsaturated/α-hetero) is 4. The van der Waals surface area contributed by atoms with Gasteiger partial charge in [-0.3, -0.25) is 29.2 Å². The van der Waals surface area contributed by atoms with Gasteiger partial charge in [-0.05, 0) is 99.9 Å². The molecule has 0 spiro atoms. The van der Waals surface area contributed by atoms with E-state index in [9.17, 15) is 19.2 Å². The Hall–Kier alpha value is -3.54. The van der Waals surface area contributed by atoms with Crippen molar-refractivity contribution in [2.24, 2.45) is 9.98 Å². The molecule has 0 fully saturated rings. The molecule has 2 aromatic rings. The Morgan fingerprint density at radius 3 is 1.21 bits per heavy atom. The van der Waals surface area contributed by atoms with Crippen LogP contribution in [0, 0.1) is 0 Å². The number of carbonyl (C=O) groups is 4. The van der Waals surface area contributed by atoms with E-state index in [0.29, 0.717) is 12.8 Å². The van der Waals surface area contributed by atoms with E-state index in [1.54, 1.807) is 27.7 Å². The number of carbonyl (C=O) groups excluding carboxylic acids is 4. The Labute approximate surface area is 258 Å². The largest absolute Gasteiger partial charge is 0.300 e. The molecule has 0 atom stereocenters. The zero-order valence-corrected chi connectivity index (χ0v) is 27.2. The van der Waals surface area contributed by atoms with Gasteiger partial charge < -0.3 is 0 Å². The third-order valence-electron chi connectivity index (χ3n) is 7.28. The lowest BCUT2D eigenvalue weighted by Crippen LogP contribution is -2.15. The molecule has 0 aliphatic rings. The van der Waals surface area contributed by atoms with Crippen molar-refractivity contribution in [1.82, 2.24) is 0 Å². The number of unbranched alkanes of at least 4 members (excludes halogenated alkanes) is 5. The Bertz CT molecular complexity index is 1340. The quantitative estimate of drug-likeness (QED) is 0.115. The molecule has 0 aliphatic heterocycles. The topological polar surface area (TPSA) is 93.0 Å². The summed E-state index contributed by atoms with van der Waals surface area (Å²) >= 11 is 0. The highest BCUT2D eigenvalue weighted by atomic mass is 16.1. The lowest BCUT2D eigenvalue weighted by Gasteiger charge is -2.14. The van der Waals surface area contributed by atoms with Gasteiger partial charge in [-0.1, -0.05) is 58.1 Å². The molecule has 0 radical (unpaired) electrons. The minimum absolute atomic E-state index is 0.0434. The molecule has 0 heterocycles. The maximum Gasteiger partial charge on any atom is 0.134 e. The summed E-state index contributed by atoms with van der Waals surface area (Å²) in [5, 5.41) is 0. The van der Waals surface area contributed by atoms with E-state index < -0.39 is 0 Å². The number of rotatable bonds is 20. The first-order valence-corrected chi connectivity index (χ1v) is 15.9. The highest BCUT2D eigenvalue weighted by Gasteiger charge is 2.15. The van der Waals surface area contributed by atoms with Crippen LogP contribution >= 0.6 is 0 Å². The molecule has 0 bridgehead atoms. The SMILES string of the molecule is CCCCCCC(=Nc1ccc(CC(C)=O)c(CC(C)=O)c1)C(CCCCC)=Nc1ccc(CC(C)=O)c(CC(C)=O)c1. The zero-order valence-electron chi connectivity index (χ0n) is 27.2. The first kappa shape index (κ1) is 35.7. The van der Waals surface area contributed by atoms with Gasteiger partial charge in [0.15, 0.2) is 0 Å². The van der Waals surface area contributed by atoms with E-state index in [2.05, 4.69) is 13.8 Å². The van der Waals surface area contributed by atoms with Gasteiger partial charge in [-0.15, -0.1) is 0 Å². The van der Waals surface area contributed by atoms with Crippen molar-refractivity contribution < 1.29 is 19.2 Å². The fraction of sp³-hybridized carbons (Fsp3) is 0.514. The Balaban J connectivity index is 2.66. The summed E-state index contributed by atoms with van der Waals surface area (Å²) in [5.74, 6) is 0.201. The van der Waals surface area contributed by atoms with Gasteiger partial charge in [0.05, 0.1) is 22.8 Å². The fourth-order valence-electron chi connectivity index (χ4n) is 5.21. The summed E-state index contributed by atoms with van der Waals surface area (Å²) in [6.45, 7) is 10.6. The predicted molar refractivity (Wildman–Crippen MR) is 178 cm³/mol. The molecule has 0 saturated heterocycles. The van der Waals surface area contributed by atoms with Gasteiger partial charge in [-0.25, -0.2) is 0 Å². The van der Waals surface area contributed by atoms with Crippen LogP contribution in [0.15, 0.2) is 46.4 Å². The van der Waals surface area contributed by atoms with Crippen LogP contribution in [0.25, 0.3) is 0 Å². The summed E-state index contributed by atoms with van der Waals surface area (Å²) in [7, 11) is 0. The lowest BCUT2D eigenvalue weighted by molar-refractivity contribution is -0.117. The summed E-state index contributed by atoms with van der Waals surface area (Å²) in [6.07, 6.45) is 10.2. The van der Waals surface area contributed by atoms with Crippen molar-refractivity contribution in [3.05, 3.63) is 58.7 Å². The van der Waals surface area contributed by atoms with Crippen molar-refractivity contribution >= 4 is 45.9 Å². The van der Waals surface area contributed by atoms with Gasteiger partial charge in [0, 0.05) is 25.7 Å². The molecule has 0 unspecified atom stereocenters. The number of hydrogen-bond acceptors (Lipinski definition) is 6. The van der Waals surface area contributed by atoms with Gasteiger partial charge in [-0.2, -0.15) is 0 Å². The van der Waals surface area contributed by atoms with Crippen LogP contribution in [0.1, 0.15) is 122 Å². The summed E-state index contributed by atoms with van der Waals surface area (Å²) in [6, 6.07) is 11.6. The second-order valence-corrected chi connectivity index (χ2v) is 11.8. The molecule has 6 nitrogen and oxygen atoms in total. The highest BCUT2D eigenvalue weighted by Crippen LogP contribution is 2.25. The van der Waals surface area contributed by atoms with E-state index in [4.69, 9.17) is 9.98 Å². The van der Waals surface area contributed by atoms with Crippen LogP contribution < -0.4 is 0 Å². The number of nitrogens with zero attached hydrogens (tertiary/aromatic N) is 2.